The average Bonchev–Trinajstić information content (AvgIpc) is 3.31. The Bertz CT molecular complexity index is 1230. The zero-order chi connectivity index (χ0) is 26.0. The van der Waals surface area contributed by atoms with Crippen molar-refractivity contribution in [2.45, 2.75) is 43.5 Å². The summed E-state index contributed by atoms with van der Waals surface area (Å²) in [4.78, 5) is 24.3. The van der Waals surface area contributed by atoms with Crippen LogP contribution in [0.1, 0.15) is 21.5 Å². The van der Waals surface area contributed by atoms with E-state index in [1.807, 2.05) is 23.6 Å². The molecule has 1 fully saturated rings. The summed E-state index contributed by atoms with van der Waals surface area (Å²) in [7, 11) is 1.32. The number of amides is 3. The maximum Gasteiger partial charge on any atom is 0.321 e. The van der Waals surface area contributed by atoms with Crippen molar-refractivity contribution in [2.75, 3.05) is 13.7 Å². The van der Waals surface area contributed by atoms with E-state index < -0.39 is 49.3 Å². The molecule has 2 aromatic carbocycles. The quantitative estimate of drug-likeness (QED) is 0.311. The van der Waals surface area contributed by atoms with Crippen molar-refractivity contribution in [1.82, 2.24) is 4.90 Å². The van der Waals surface area contributed by atoms with Crippen molar-refractivity contribution in [3.63, 3.8) is 0 Å². The fourth-order valence-corrected chi connectivity index (χ4v) is 5.09. The average molecular weight is 517 g/mol. The summed E-state index contributed by atoms with van der Waals surface area (Å²) in [5.41, 5.74) is 7.50. The molecule has 0 bridgehead atoms. The van der Waals surface area contributed by atoms with Crippen LogP contribution < -0.4 is 10.5 Å². The number of primary amides is 1. The number of nitrogens with zero attached hydrogens (tertiary/aromatic N) is 1. The number of thiophene rings is 1. The van der Waals surface area contributed by atoms with Crippen LogP contribution >= 0.6 is 11.3 Å². The van der Waals surface area contributed by atoms with Gasteiger partial charge in [0.1, 0.15) is 30.2 Å². The Morgan fingerprint density at radius 3 is 2.44 bits per heavy atom. The van der Waals surface area contributed by atoms with E-state index in [0.717, 1.165) is 26.1 Å². The number of urea groups is 1. The lowest BCUT2D eigenvalue weighted by atomic mass is 9.99. The third kappa shape index (κ3) is 5.21. The summed E-state index contributed by atoms with van der Waals surface area (Å²) in [6, 6.07) is 11.6. The van der Waals surface area contributed by atoms with E-state index in [9.17, 15) is 30.0 Å². The van der Waals surface area contributed by atoms with Crippen LogP contribution in [0.5, 0.6) is 5.75 Å². The van der Waals surface area contributed by atoms with Crippen molar-refractivity contribution in [1.29, 1.82) is 0 Å². The van der Waals surface area contributed by atoms with Gasteiger partial charge in [-0.25, -0.2) is 4.79 Å². The second kappa shape index (κ2) is 10.9. The number of fused-ring (bicyclic) bond motifs is 1. The van der Waals surface area contributed by atoms with Crippen LogP contribution in [-0.4, -0.2) is 81.6 Å². The molecule has 1 aliphatic heterocycles. The van der Waals surface area contributed by atoms with E-state index in [0.29, 0.717) is 24.2 Å². The largest absolute Gasteiger partial charge is 0.461 e. The first-order chi connectivity index (χ1) is 17.2. The molecule has 11 heteroatoms. The van der Waals surface area contributed by atoms with Gasteiger partial charge in [-0.05, 0) is 53.6 Å². The minimum absolute atomic E-state index is 0.358. The summed E-state index contributed by atoms with van der Waals surface area (Å²) in [6.07, 6.45) is -5.51. The molecule has 192 valence electrons. The molecule has 0 spiro atoms. The molecule has 10 nitrogen and oxygen atoms in total. The number of hydrogen-bond acceptors (Lipinski definition) is 9. The topological polar surface area (TPSA) is 163 Å². The number of hydrogen-bond donors (Lipinski definition) is 5. The molecule has 6 N–H and O–H groups in total. The second-order valence-corrected chi connectivity index (χ2v) is 9.52. The Labute approximate surface area is 211 Å². The molecule has 0 unspecified atom stereocenters. The first-order valence-corrected chi connectivity index (χ1v) is 12.2. The van der Waals surface area contributed by atoms with Gasteiger partial charge in [0.25, 0.3) is 5.91 Å². The first kappa shape index (κ1) is 26.0. The Balaban J connectivity index is 1.50. The zero-order valence-electron chi connectivity index (χ0n) is 19.5. The SMILES string of the molecule is CN(C(N)=O)C(=O)c1ccc(CCc2csc3cccc(O[C@@H]4O[C@H](CO)[C@@H](O)[C@H](O)[C@H]4O)c23)cc1. The lowest BCUT2D eigenvalue weighted by Crippen LogP contribution is -2.60. The van der Waals surface area contributed by atoms with E-state index in [1.165, 1.54) is 18.4 Å². The number of carbonyl (C=O) groups is 2. The molecule has 3 aromatic rings. The highest BCUT2D eigenvalue weighted by atomic mass is 32.1. The van der Waals surface area contributed by atoms with Crippen LogP contribution in [-0.2, 0) is 17.6 Å². The van der Waals surface area contributed by atoms with Gasteiger partial charge in [0.15, 0.2) is 0 Å². The van der Waals surface area contributed by atoms with Gasteiger partial charge in [-0.2, -0.15) is 0 Å². The predicted molar refractivity (Wildman–Crippen MR) is 132 cm³/mol. The van der Waals surface area contributed by atoms with Gasteiger partial charge in [-0.3, -0.25) is 9.69 Å². The molecule has 5 atom stereocenters. The molecule has 0 radical (unpaired) electrons. The molecule has 1 aliphatic rings. The summed E-state index contributed by atoms with van der Waals surface area (Å²) >= 11 is 1.54. The van der Waals surface area contributed by atoms with Gasteiger partial charge < -0.3 is 35.6 Å². The standard InChI is InChI=1S/C25H28N2O8S/c1-27(25(26)33)23(32)14-8-5-13(6-9-14)7-10-15-12-36-18-4-2-3-16(19(15)18)34-24-22(31)21(30)20(29)17(11-28)35-24/h2-6,8-9,12,17,20-22,24,28-31H,7,10-11H2,1H3,(H2,26,33)/t17-,20-,21+,22-,24-/m1/s1. The molecule has 36 heavy (non-hydrogen) atoms. The Kier molecular flexibility index (Phi) is 7.88. The molecular weight excluding hydrogens is 488 g/mol. The molecular formula is C25H28N2O8S. The van der Waals surface area contributed by atoms with Crippen LogP contribution in [0.4, 0.5) is 4.79 Å². The molecule has 1 saturated heterocycles. The molecule has 0 saturated carbocycles. The maximum absolute atomic E-state index is 12.2. The van der Waals surface area contributed by atoms with Crippen molar-refractivity contribution in [3.8, 4) is 5.75 Å². The van der Waals surface area contributed by atoms with Crippen LogP contribution in [0.3, 0.4) is 0 Å². The number of rotatable bonds is 7. The normalized spacial score (nSPS) is 24.0. The third-order valence-corrected chi connectivity index (χ3v) is 7.24. The van der Waals surface area contributed by atoms with Crippen LogP contribution in [0.2, 0.25) is 0 Å². The summed E-state index contributed by atoms with van der Waals surface area (Å²) in [5, 5.41) is 42.7. The lowest BCUT2D eigenvalue weighted by molar-refractivity contribution is -0.277. The summed E-state index contributed by atoms with van der Waals surface area (Å²) < 4.78 is 12.4. The van der Waals surface area contributed by atoms with Crippen LogP contribution in [0.25, 0.3) is 10.1 Å². The fraction of sp³-hybridized carbons (Fsp3) is 0.360. The van der Waals surface area contributed by atoms with E-state index in [4.69, 9.17) is 15.2 Å². The smallest absolute Gasteiger partial charge is 0.321 e. The number of ether oxygens (including phenoxy) is 2. The van der Waals surface area contributed by atoms with Gasteiger partial charge in [0.05, 0.1) is 6.61 Å². The lowest BCUT2D eigenvalue weighted by Gasteiger charge is -2.39. The highest BCUT2D eigenvalue weighted by Crippen LogP contribution is 2.36. The highest BCUT2D eigenvalue weighted by Gasteiger charge is 2.44. The van der Waals surface area contributed by atoms with Crippen molar-refractivity contribution in [3.05, 3.63) is 64.5 Å². The van der Waals surface area contributed by atoms with Crippen molar-refractivity contribution >= 4 is 33.4 Å². The molecule has 4 rings (SSSR count). The predicted octanol–water partition coefficient (Wildman–Crippen LogP) is 1.02. The molecule has 0 aliphatic carbocycles. The molecule has 2 heterocycles. The number of aliphatic hydroxyl groups excluding tert-OH is 4. The first-order valence-electron chi connectivity index (χ1n) is 11.3. The van der Waals surface area contributed by atoms with Crippen LogP contribution in [0.15, 0.2) is 47.8 Å². The minimum Gasteiger partial charge on any atom is -0.461 e. The summed E-state index contributed by atoms with van der Waals surface area (Å²) in [5.74, 6) is -0.0311. The van der Waals surface area contributed by atoms with Crippen molar-refractivity contribution in [2.24, 2.45) is 5.73 Å². The number of aryl methyl sites for hydroxylation is 2. The number of imide groups is 1. The van der Waals surface area contributed by atoms with Gasteiger partial charge in [0, 0.05) is 22.7 Å². The van der Waals surface area contributed by atoms with Gasteiger partial charge in [-0.1, -0.05) is 18.2 Å². The van der Waals surface area contributed by atoms with E-state index >= 15 is 0 Å². The minimum atomic E-state index is -1.53. The number of nitrogens with two attached hydrogens (primary N) is 1. The third-order valence-electron chi connectivity index (χ3n) is 6.25. The Hall–Kier alpha value is -3.06. The van der Waals surface area contributed by atoms with E-state index in [-0.39, 0.29) is 0 Å². The zero-order valence-corrected chi connectivity index (χ0v) is 20.3. The number of aliphatic hydroxyl groups is 4. The second-order valence-electron chi connectivity index (χ2n) is 8.60. The molecule has 1 aromatic heterocycles. The monoisotopic (exact) mass is 516 g/mol. The number of benzene rings is 2. The number of carbonyl (C=O) groups excluding carboxylic acids is 2. The fourth-order valence-electron chi connectivity index (χ4n) is 4.08. The van der Waals surface area contributed by atoms with E-state index in [1.54, 1.807) is 24.3 Å². The van der Waals surface area contributed by atoms with Gasteiger partial charge in [0.2, 0.25) is 6.29 Å². The highest BCUT2D eigenvalue weighted by molar-refractivity contribution is 7.17. The van der Waals surface area contributed by atoms with Crippen molar-refractivity contribution < 1.29 is 39.5 Å². The maximum atomic E-state index is 12.2. The Morgan fingerprint density at radius 1 is 1.06 bits per heavy atom. The Morgan fingerprint density at radius 2 is 1.78 bits per heavy atom. The van der Waals surface area contributed by atoms with Gasteiger partial charge >= 0.3 is 6.03 Å². The van der Waals surface area contributed by atoms with Crippen LogP contribution in [0, 0.1) is 0 Å². The summed E-state index contributed by atoms with van der Waals surface area (Å²) in [6.45, 7) is -0.540. The van der Waals surface area contributed by atoms with E-state index in [2.05, 4.69) is 0 Å². The molecule has 3 amide bonds. The van der Waals surface area contributed by atoms with Gasteiger partial charge in [-0.15, -0.1) is 11.3 Å².